The summed E-state index contributed by atoms with van der Waals surface area (Å²) in [4.78, 5) is 22.8. The molecule has 0 fully saturated rings. The molecule has 2 unspecified atom stereocenters. The van der Waals surface area contributed by atoms with Gasteiger partial charge in [-0.2, -0.15) is 12.6 Å². The largest absolute Gasteiger partial charge is 0.386 e. The average molecular weight is 221 g/mol. The van der Waals surface area contributed by atoms with E-state index in [2.05, 4.69) is 12.6 Å². The standard InChI is InChI=1S/C8H15NO4S/c1-4(10)6(12)8(14,3-9)7(13)5(2)11/h4-5,10-11,14H,3,9H2,1-2H3. The number of carbonyl (C=O) groups excluding carboxylic acids is 2. The molecule has 0 spiro atoms. The zero-order valence-electron chi connectivity index (χ0n) is 8.10. The lowest BCUT2D eigenvalue weighted by molar-refractivity contribution is -0.138. The quantitative estimate of drug-likeness (QED) is 0.335. The predicted molar refractivity (Wildman–Crippen MR) is 54.1 cm³/mol. The van der Waals surface area contributed by atoms with Gasteiger partial charge in [-0.15, -0.1) is 0 Å². The summed E-state index contributed by atoms with van der Waals surface area (Å²) in [5.74, 6) is -1.59. The highest BCUT2D eigenvalue weighted by Crippen LogP contribution is 2.19. The van der Waals surface area contributed by atoms with Crippen molar-refractivity contribution in [2.45, 2.75) is 30.8 Å². The molecule has 0 aliphatic rings. The molecule has 0 bridgehead atoms. The van der Waals surface area contributed by atoms with E-state index in [1.165, 1.54) is 13.8 Å². The van der Waals surface area contributed by atoms with E-state index in [1.807, 2.05) is 0 Å². The van der Waals surface area contributed by atoms with Gasteiger partial charge in [-0.1, -0.05) is 0 Å². The predicted octanol–water partition coefficient (Wildman–Crippen LogP) is -1.49. The van der Waals surface area contributed by atoms with Crippen LogP contribution in [0.3, 0.4) is 0 Å². The van der Waals surface area contributed by atoms with Gasteiger partial charge in [0.25, 0.3) is 0 Å². The van der Waals surface area contributed by atoms with Crippen molar-refractivity contribution in [2.24, 2.45) is 5.73 Å². The first-order chi connectivity index (χ1) is 6.27. The molecule has 0 aromatic rings. The Balaban J connectivity index is 4.98. The Morgan fingerprint density at radius 3 is 1.71 bits per heavy atom. The molecule has 6 heteroatoms. The average Bonchev–Trinajstić information content (AvgIpc) is 2.13. The molecule has 0 rings (SSSR count). The van der Waals surface area contributed by atoms with Crippen LogP contribution in [0.4, 0.5) is 0 Å². The van der Waals surface area contributed by atoms with Crippen LogP contribution >= 0.6 is 12.6 Å². The number of nitrogens with two attached hydrogens (primary N) is 1. The highest BCUT2D eigenvalue weighted by molar-refractivity contribution is 7.83. The van der Waals surface area contributed by atoms with Crippen LogP contribution in [-0.4, -0.2) is 45.3 Å². The summed E-state index contributed by atoms with van der Waals surface area (Å²) < 4.78 is -1.80. The first-order valence-corrected chi connectivity index (χ1v) is 4.59. The maximum atomic E-state index is 11.4. The maximum absolute atomic E-state index is 11.4. The smallest absolute Gasteiger partial charge is 0.185 e. The van der Waals surface area contributed by atoms with Gasteiger partial charge in [0, 0.05) is 6.54 Å². The fourth-order valence-electron chi connectivity index (χ4n) is 1.01. The van der Waals surface area contributed by atoms with E-state index in [0.29, 0.717) is 0 Å². The lowest BCUT2D eigenvalue weighted by atomic mass is 9.92. The number of hydrogen-bond acceptors (Lipinski definition) is 6. The minimum absolute atomic E-state index is 0.358. The van der Waals surface area contributed by atoms with Gasteiger partial charge in [0.05, 0.1) is 0 Å². The molecule has 0 aromatic carbocycles. The Morgan fingerprint density at radius 2 is 1.57 bits per heavy atom. The second-order valence-corrected chi connectivity index (χ2v) is 3.91. The summed E-state index contributed by atoms with van der Waals surface area (Å²) in [6.07, 6.45) is -2.67. The van der Waals surface area contributed by atoms with Crippen LogP contribution in [0.1, 0.15) is 13.8 Å². The number of rotatable bonds is 5. The number of ketones is 2. The van der Waals surface area contributed by atoms with E-state index in [4.69, 9.17) is 15.9 Å². The van der Waals surface area contributed by atoms with Crippen molar-refractivity contribution in [1.29, 1.82) is 0 Å². The van der Waals surface area contributed by atoms with E-state index in [1.54, 1.807) is 0 Å². The Bertz CT molecular complexity index is 219. The maximum Gasteiger partial charge on any atom is 0.185 e. The van der Waals surface area contributed by atoms with Gasteiger partial charge in [-0.3, -0.25) is 9.59 Å². The van der Waals surface area contributed by atoms with Gasteiger partial charge >= 0.3 is 0 Å². The Hall–Kier alpha value is -0.430. The van der Waals surface area contributed by atoms with Crippen LogP contribution in [0.2, 0.25) is 0 Å². The first-order valence-electron chi connectivity index (χ1n) is 4.14. The van der Waals surface area contributed by atoms with Gasteiger partial charge < -0.3 is 15.9 Å². The third kappa shape index (κ3) is 2.54. The van der Waals surface area contributed by atoms with Crippen molar-refractivity contribution in [3.63, 3.8) is 0 Å². The minimum Gasteiger partial charge on any atom is -0.386 e. The lowest BCUT2D eigenvalue weighted by Crippen LogP contribution is -2.54. The third-order valence-corrected chi connectivity index (χ3v) is 2.49. The second-order valence-electron chi connectivity index (χ2n) is 3.14. The topological polar surface area (TPSA) is 101 Å². The summed E-state index contributed by atoms with van der Waals surface area (Å²) in [6, 6.07) is 0. The number of aliphatic hydroxyl groups excluding tert-OH is 2. The molecule has 0 aliphatic carbocycles. The number of carbonyl (C=O) groups is 2. The molecule has 0 saturated carbocycles. The minimum atomic E-state index is -1.80. The summed E-state index contributed by atoms with van der Waals surface area (Å²) in [5.41, 5.74) is 5.24. The molecule has 2 atom stereocenters. The summed E-state index contributed by atoms with van der Waals surface area (Å²) in [6.45, 7) is 2.08. The summed E-state index contributed by atoms with van der Waals surface area (Å²) in [7, 11) is 0. The van der Waals surface area contributed by atoms with Crippen LogP contribution < -0.4 is 5.73 Å². The molecule has 82 valence electrons. The Morgan fingerprint density at radius 1 is 1.29 bits per heavy atom. The van der Waals surface area contributed by atoms with E-state index >= 15 is 0 Å². The molecule has 0 radical (unpaired) electrons. The molecular formula is C8H15NO4S. The molecule has 0 aliphatic heterocycles. The molecule has 0 heterocycles. The van der Waals surface area contributed by atoms with Crippen LogP contribution in [0.5, 0.6) is 0 Å². The van der Waals surface area contributed by atoms with Crippen molar-refractivity contribution < 1.29 is 19.8 Å². The normalized spacial score (nSPS) is 19.6. The lowest BCUT2D eigenvalue weighted by Gasteiger charge is -2.26. The van der Waals surface area contributed by atoms with Crippen molar-refractivity contribution in [3.05, 3.63) is 0 Å². The van der Waals surface area contributed by atoms with Gasteiger partial charge in [-0.25, -0.2) is 0 Å². The van der Waals surface area contributed by atoms with E-state index in [-0.39, 0.29) is 6.54 Å². The molecule has 0 amide bonds. The SMILES string of the molecule is CC(O)C(=O)C(S)(CN)C(=O)C(C)O. The van der Waals surface area contributed by atoms with E-state index in [0.717, 1.165) is 0 Å². The van der Waals surface area contributed by atoms with Gasteiger partial charge in [0.2, 0.25) is 0 Å². The molecule has 0 saturated heterocycles. The number of aliphatic hydroxyl groups is 2. The van der Waals surface area contributed by atoms with Crippen molar-refractivity contribution in [1.82, 2.24) is 0 Å². The van der Waals surface area contributed by atoms with Crippen molar-refractivity contribution in [2.75, 3.05) is 6.54 Å². The van der Waals surface area contributed by atoms with Gasteiger partial charge in [0.15, 0.2) is 11.6 Å². The number of hydrogen-bond donors (Lipinski definition) is 4. The van der Waals surface area contributed by atoms with Gasteiger partial charge in [0.1, 0.15) is 17.0 Å². The van der Waals surface area contributed by atoms with Crippen LogP contribution in [0.15, 0.2) is 0 Å². The van der Waals surface area contributed by atoms with E-state index < -0.39 is 28.5 Å². The second kappa shape index (κ2) is 4.88. The Labute approximate surface area is 87.7 Å². The highest BCUT2D eigenvalue weighted by Gasteiger charge is 2.44. The fourth-order valence-corrected chi connectivity index (χ4v) is 1.39. The Kier molecular flexibility index (Phi) is 4.73. The van der Waals surface area contributed by atoms with Gasteiger partial charge in [-0.05, 0) is 13.8 Å². The summed E-state index contributed by atoms with van der Waals surface area (Å²) >= 11 is 3.84. The molecule has 5 nitrogen and oxygen atoms in total. The molecule has 4 N–H and O–H groups in total. The van der Waals surface area contributed by atoms with Crippen LogP contribution in [0.25, 0.3) is 0 Å². The number of Topliss-reactive ketones (excluding diaryl/α,β-unsaturated/α-hetero) is 2. The highest BCUT2D eigenvalue weighted by atomic mass is 32.1. The van der Waals surface area contributed by atoms with Crippen LogP contribution in [-0.2, 0) is 9.59 Å². The summed E-state index contributed by atoms with van der Waals surface area (Å²) in [5, 5.41) is 18.1. The zero-order chi connectivity index (χ0) is 11.5. The van der Waals surface area contributed by atoms with Crippen molar-refractivity contribution >= 4 is 24.2 Å². The van der Waals surface area contributed by atoms with E-state index in [9.17, 15) is 9.59 Å². The third-order valence-electron chi connectivity index (χ3n) is 1.87. The zero-order valence-corrected chi connectivity index (χ0v) is 8.99. The molecule has 0 aromatic heterocycles. The molecular weight excluding hydrogens is 206 g/mol. The molecule has 14 heavy (non-hydrogen) atoms. The van der Waals surface area contributed by atoms with Crippen molar-refractivity contribution in [3.8, 4) is 0 Å². The monoisotopic (exact) mass is 221 g/mol. The van der Waals surface area contributed by atoms with Crippen LogP contribution in [0, 0.1) is 0 Å². The number of thiol groups is 1. The fraction of sp³-hybridized carbons (Fsp3) is 0.750. The first kappa shape index (κ1) is 13.6.